The molecule has 2 rings (SSSR count). The quantitative estimate of drug-likeness (QED) is 0.821. The smallest absolute Gasteiger partial charge is 0.0364 e. The van der Waals surface area contributed by atoms with Gasteiger partial charge in [-0.1, -0.05) is 45.2 Å². The number of rotatable bonds is 6. The molecule has 118 valence electrons. The summed E-state index contributed by atoms with van der Waals surface area (Å²) in [5, 5.41) is 3.76. The van der Waals surface area contributed by atoms with Crippen LogP contribution in [-0.4, -0.2) is 20.6 Å². The Morgan fingerprint density at radius 2 is 2.05 bits per heavy atom. The second-order valence-corrected chi connectivity index (χ2v) is 6.73. The topological polar surface area (TPSA) is 15.3 Å². The maximum absolute atomic E-state index is 3.76. The van der Waals surface area contributed by atoms with Crippen molar-refractivity contribution in [2.75, 3.05) is 25.5 Å². The van der Waals surface area contributed by atoms with Gasteiger partial charge in [0.1, 0.15) is 0 Å². The average molecular weight is 288 g/mol. The molecule has 2 heteroatoms. The van der Waals surface area contributed by atoms with Crippen molar-refractivity contribution in [3.05, 3.63) is 29.8 Å². The number of nitrogens with zero attached hydrogens (tertiary/aromatic N) is 1. The van der Waals surface area contributed by atoms with Gasteiger partial charge in [0, 0.05) is 25.8 Å². The maximum Gasteiger partial charge on any atom is 0.0364 e. The first kappa shape index (κ1) is 16.4. The maximum atomic E-state index is 3.76. The number of nitrogens with one attached hydrogen (secondary N) is 1. The van der Waals surface area contributed by atoms with Gasteiger partial charge in [-0.2, -0.15) is 0 Å². The Balaban J connectivity index is 2.19. The average Bonchev–Trinajstić information content (AvgIpc) is 2.52. The van der Waals surface area contributed by atoms with Gasteiger partial charge in [0.25, 0.3) is 0 Å². The van der Waals surface area contributed by atoms with E-state index in [-0.39, 0.29) is 0 Å². The Morgan fingerprint density at radius 1 is 1.24 bits per heavy atom. The Kier molecular flexibility index (Phi) is 6.10. The zero-order valence-corrected chi connectivity index (χ0v) is 14.2. The highest BCUT2D eigenvalue weighted by Crippen LogP contribution is 2.39. The Hall–Kier alpha value is -1.02. The summed E-state index contributed by atoms with van der Waals surface area (Å²) in [5.74, 6) is 1.72. The number of benzene rings is 1. The summed E-state index contributed by atoms with van der Waals surface area (Å²) in [6.07, 6.45) is 6.94. The van der Waals surface area contributed by atoms with Crippen molar-refractivity contribution in [2.24, 2.45) is 11.8 Å². The molecule has 1 saturated carbocycles. The highest BCUT2D eigenvalue weighted by molar-refractivity contribution is 5.48. The van der Waals surface area contributed by atoms with E-state index in [1.165, 1.54) is 43.4 Å². The predicted octanol–water partition coefficient (Wildman–Crippen LogP) is 4.62. The largest absolute Gasteiger partial charge is 0.378 e. The lowest BCUT2D eigenvalue weighted by Crippen LogP contribution is -2.31. The van der Waals surface area contributed by atoms with Crippen LogP contribution in [0, 0.1) is 11.8 Å². The minimum atomic E-state index is 0.518. The molecule has 0 aromatic heterocycles. The van der Waals surface area contributed by atoms with Crippen LogP contribution in [0.5, 0.6) is 0 Å². The first-order chi connectivity index (χ1) is 10.2. The molecule has 1 aliphatic carbocycles. The van der Waals surface area contributed by atoms with Crippen molar-refractivity contribution >= 4 is 5.69 Å². The molecule has 0 bridgehead atoms. The van der Waals surface area contributed by atoms with Crippen LogP contribution in [0.15, 0.2) is 24.3 Å². The van der Waals surface area contributed by atoms with Crippen LogP contribution >= 0.6 is 0 Å². The molecular weight excluding hydrogens is 256 g/mol. The van der Waals surface area contributed by atoms with Gasteiger partial charge in [0.05, 0.1) is 0 Å². The SMILES string of the molecule is CCNC(c1cccc(N(C)C)c1)C1CCCC(CC)C1. The molecule has 0 saturated heterocycles. The number of anilines is 1. The van der Waals surface area contributed by atoms with Crippen molar-refractivity contribution in [3.63, 3.8) is 0 Å². The molecule has 0 aliphatic heterocycles. The summed E-state index contributed by atoms with van der Waals surface area (Å²) in [7, 11) is 4.24. The van der Waals surface area contributed by atoms with Gasteiger partial charge in [-0.25, -0.2) is 0 Å². The molecule has 1 aliphatic rings. The first-order valence-corrected chi connectivity index (χ1v) is 8.66. The second kappa shape index (κ2) is 7.84. The first-order valence-electron chi connectivity index (χ1n) is 8.66. The van der Waals surface area contributed by atoms with E-state index in [1.807, 2.05) is 0 Å². The zero-order valence-electron chi connectivity index (χ0n) is 14.2. The lowest BCUT2D eigenvalue weighted by Gasteiger charge is -2.35. The van der Waals surface area contributed by atoms with E-state index in [0.29, 0.717) is 6.04 Å². The molecular formula is C19H32N2. The van der Waals surface area contributed by atoms with Gasteiger partial charge in [-0.3, -0.25) is 0 Å². The summed E-state index contributed by atoms with van der Waals surface area (Å²) < 4.78 is 0. The molecule has 1 aromatic rings. The van der Waals surface area contributed by atoms with Crippen LogP contribution < -0.4 is 10.2 Å². The monoisotopic (exact) mass is 288 g/mol. The van der Waals surface area contributed by atoms with Gasteiger partial charge in [0.15, 0.2) is 0 Å². The van der Waals surface area contributed by atoms with Crippen molar-refractivity contribution < 1.29 is 0 Å². The van der Waals surface area contributed by atoms with Crippen LogP contribution in [-0.2, 0) is 0 Å². The van der Waals surface area contributed by atoms with Gasteiger partial charge in [-0.15, -0.1) is 0 Å². The van der Waals surface area contributed by atoms with Gasteiger partial charge in [0.2, 0.25) is 0 Å². The summed E-state index contributed by atoms with van der Waals surface area (Å²) >= 11 is 0. The third-order valence-electron chi connectivity index (χ3n) is 5.04. The molecule has 0 heterocycles. The Bertz CT molecular complexity index is 427. The molecule has 0 radical (unpaired) electrons. The van der Waals surface area contributed by atoms with E-state index in [0.717, 1.165) is 18.4 Å². The minimum Gasteiger partial charge on any atom is -0.378 e. The summed E-state index contributed by atoms with van der Waals surface area (Å²) in [5.41, 5.74) is 2.77. The fraction of sp³-hybridized carbons (Fsp3) is 0.684. The summed E-state index contributed by atoms with van der Waals surface area (Å²) in [6.45, 7) is 5.62. The number of hydrogen-bond donors (Lipinski definition) is 1. The lowest BCUT2D eigenvalue weighted by atomic mass is 9.75. The van der Waals surface area contributed by atoms with Gasteiger partial charge < -0.3 is 10.2 Å². The third-order valence-corrected chi connectivity index (χ3v) is 5.04. The van der Waals surface area contributed by atoms with Crippen molar-refractivity contribution in [1.82, 2.24) is 5.32 Å². The normalized spacial score (nSPS) is 23.8. The standard InChI is InChI=1S/C19H32N2/c1-5-15-9-7-10-16(13-15)19(20-6-2)17-11-8-12-18(14-17)21(3)4/h8,11-12,14-16,19-20H,5-7,9-10,13H2,1-4H3. The molecule has 0 spiro atoms. The van der Waals surface area contributed by atoms with E-state index in [4.69, 9.17) is 0 Å². The van der Waals surface area contributed by atoms with Crippen molar-refractivity contribution in [1.29, 1.82) is 0 Å². The van der Waals surface area contributed by atoms with E-state index >= 15 is 0 Å². The molecule has 21 heavy (non-hydrogen) atoms. The molecule has 0 amide bonds. The van der Waals surface area contributed by atoms with Crippen LogP contribution in [0.3, 0.4) is 0 Å². The highest BCUT2D eigenvalue weighted by atomic mass is 15.1. The Morgan fingerprint density at radius 3 is 2.71 bits per heavy atom. The molecule has 1 fully saturated rings. The van der Waals surface area contributed by atoms with E-state index in [1.54, 1.807) is 0 Å². The molecule has 3 atom stereocenters. The van der Waals surface area contributed by atoms with E-state index < -0.39 is 0 Å². The molecule has 2 nitrogen and oxygen atoms in total. The zero-order chi connectivity index (χ0) is 15.2. The molecule has 3 unspecified atom stereocenters. The summed E-state index contributed by atoms with van der Waals surface area (Å²) in [6, 6.07) is 9.58. The van der Waals surface area contributed by atoms with Crippen molar-refractivity contribution in [2.45, 2.75) is 52.0 Å². The number of hydrogen-bond acceptors (Lipinski definition) is 2. The fourth-order valence-corrected chi connectivity index (χ4v) is 3.78. The Labute approximate surface area is 130 Å². The van der Waals surface area contributed by atoms with Crippen molar-refractivity contribution in [3.8, 4) is 0 Å². The third kappa shape index (κ3) is 4.23. The van der Waals surface area contributed by atoms with Crippen LogP contribution in [0.4, 0.5) is 5.69 Å². The minimum absolute atomic E-state index is 0.518. The highest BCUT2D eigenvalue weighted by Gasteiger charge is 2.28. The second-order valence-electron chi connectivity index (χ2n) is 6.73. The summed E-state index contributed by atoms with van der Waals surface area (Å²) in [4.78, 5) is 2.20. The van der Waals surface area contributed by atoms with Crippen LogP contribution in [0.1, 0.15) is 57.6 Å². The lowest BCUT2D eigenvalue weighted by molar-refractivity contribution is 0.210. The van der Waals surface area contributed by atoms with Crippen LogP contribution in [0.25, 0.3) is 0 Å². The molecule has 1 aromatic carbocycles. The van der Waals surface area contributed by atoms with Gasteiger partial charge >= 0.3 is 0 Å². The fourth-order valence-electron chi connectivity index (χ4n) is 3.78. The molecule has 1 N–H and O–H groups in total. The van der Waals surface area contributed by atoms with Crippen LogP contribution in [0.2, 0.25) is 0 Å². The van der Waals surface area contributed by atoms with E-state index in [2.05, 4.69) is 62.4 Å². The predicted molar refractivity (Wildman–Crippen MR) is 92.9 cm³/mol. The van der Waals surface area contributed by atoms with Gasteiger partial charge in [-0.05, 0) is 48.9 Å². The van der Waals surface area contributed by atoms with E-state index in [9.17, 15) is 0 Å².